The van der Waals surface area contributed by atoms with Crippen molar-refractivity contribution in [2.45, 2.75) is 82.1 Å². The van der Waals surface area contributed by atoms with Gasteiger partial charge in [0.1, 0.15) is 5.76 Å². The summed E-state index contributed by atoms with van der Waals surface area (Å²) in [5.74, 6) is 1.49. The molecule has 7 nitrogen and oxygen atoms in total. The molecule has 2 heterocycles. The van der Waals surface area contributed by atoms with Gasteiger partial charge in [0.15, 0.2) is 5.69 Å². The van der Waals surface area contributed by atoms with Gasteiger partial charge in [0.05, 0.1) is 18.8 Å². The molecule has 1 atom stereocenters. The fraction of sp³-hybridized carbons (Fsp3) is 0.615. The number of amides is 1. The fourth-order valence-electron chi connectivity index (χ4n) is 5.17. The molecule has 2 saturated carbocycles. The summed E-state index contributed by atoms with van der Waals surface area (Å²) in [5, 5.41) is 10.8. The van der Waals surface area contributed by atoms with E-state index < -0.39 is 0 Å². The van der Waals surface area contributed by atoms with Gasteiger partial charge in [-0.1, -0.05) is 29.4 Å². The number of carbonyl (C=O) groups excluding carboxylic acids is 1. The van der Waals surface area contributed by atoms with E-state index in [1.807, 2.05) is 6.07 Å². The van der Waals surface area contributed by atoms with E-state index in [0.717, 1.165) is 81.3 Å². The van der Waals surface area contributed by atoms with Crippen molar-refractivity contribution in [3.63, 3.8) is 0 Å². The average Bonchev–Trinajstić information content (AvgIpc) is 3.59. The van der Waals surface area contributed by atoms with Gasteiger partial charge in [-0.2, -0.15) is 0 Å². The van der Waals surface area contributed by atoms with Crippen LogP contribution in [0.25, 0.3) is 0 Å². The first-order valence-corrected chi connectivity index (χ1v) is 12.6. The van der Waals surface area contributed by atoms with Crippen molar-refractivity contribution in [3.8, 4) is 0 Å². The van der Waals surface area contributed by atoms with E-state index in [9.17, 15) is 4.79 Å². The minimum absolute atomic E-state index is 0.0618. The van der Waals surface area contributed by atoms with Crippen LogP contribution in [0.5, 0.6) is 0 Å². The van der Waals surface area contributed by atoms with Crippen molar-refractivity contribution in [1.82, 2.24) is 15.8 Å². The minimum atomic E-state index is -0.158. The third-order valence-electron chi connectivity index (χ3n) is 7.40. The van der Waals surface area contributed by atoms with Gasteiger partial charge in [-0.05, 0) is 81.5 Å². The molecule has 1 saturated heterocycles. The van der Waals surface area contributed by atoms with Crippen LogP contribution in [0, 0.1) is 5.92 Å². The molecule has 1 aromatic carbocycles. The molecule has 1 aromatic heterocycles. The van der Waals surface area contributed by atoms with Crippen LogP contribution in [0.1, 0.15) is 90.7 Å². The number of hydrogen-bond donors (Lipinski definition) is 3. The Morgan fingerprint density at radius 3 is 2.67 bits per heavy atom. The van der Waals surface area contributed by atoms with Gasteiger partial charge in [0.2, 0.25) is 0 Å². The van der Waals surface area contributed by atoms with Crippen LogP contribution in [0.3, 0.4) is 0 Å². The monoisotopic (exact) mass is 452 g/mol. The van der Waals surface area contributed by atoms with Crippen molar-refractivity contribution < 1.29 is 14.1 Å². The lowest BCUT2D eigenvalue weighted by molar-refractivity contribution is 0.0137. The Morgan fingerprint density at radius 1 is 1.12 bits per heavy atom. The first-order valence-electron chi connectivity index (χ1n) is 12.6. The third-order valence-corrected chi connectivity index (χ3v) is 7.40. The largest absolute Gasteiger partial charge is 0.374 e. The van der Waals surface area contributed by atoms with Crippen LogP contribution >= 0.6 is 0 Å². The number of rotatable bonds is 8. The second-order valence-corrected chi connectivity index (χ2v) is 10.0. The summed E-state index contributed by atoms with van der Waals surface area (Å²) in [6.45, 7) is 2.54. The van der Waals surface area contributed by atoms with E-state index >= 15 is 0 Å². The lowest BCUT2D eigenvalue weighted by Crippen LogP contribution is -2.39. The zero-order valence-electron chi connectivity index (χ0n) is 19.3. The number of ether oxygens (including phenoxy) is 1. The smallest absolute Gasteiger partial charge is 0.273 e. The summed E-state index contributed by atoms with van der Waals surface area (Å²) in [4.78, 5) is 13.1. The summed E-state index contributed by atoms with van der Waals surface area (Å²) in [7, 11) is 0. The number of nitrogens with one attached hydrogen (secondary N) is 2. The average molecular weight is 453 g/mol. The molecule has 3 aliphatic rings. The lowest BCUT2D eigenvalue weighted by atomic mass is 9.85. The number of piperidine rings is 1. The standard InChI is InChI=1S/C26H36N4O3/c27-21-6-8-22(9-7-21)32-16-17-2-1-3-20(14-17)25(19-10-12-28-13-11-19)29-26(31)23-15-24(33-30-23)18-4-5-18/h1-3,14-15,18-19,21-22,25,28H,4-13,16,27H2,(H,29,31). The van der Waals surface area contributed by atoms with Crippen molar-refractivity contribution in [3.05, 3.63) is 52.9 Å². The second-order valence-electron chi connectivity index (χ2n) is 10.0. The number of hydrogen-bond acceptors (Lipinski definition) is 6. The Morgan fingerprint density at radius 2 is 1.91 bits per heavy atom. The number of carbonyl (C=O) groups is 1. The maximum atomic E-state index is 13.1. The Labute approximate surface area is 195 Å². The highest BCUT2D eigenvalue weighted by Crippen LogP contribution is 2.40. The first-order chi connectivity index (χ1) is 16.2. The summed E-state index contributed by atoms with van der Waals surface area (Å²) in [6.07, 6.45) is 8.75. The van der Waals surface area contributed by atoms with Gasteiger partial charge in [-0.25, -0.2) is 0 Å². The molecule has 1 aliphatic heterocycles. The van der Waals surface area contributed by atoms with Crippen molar-refractivity contribution in [2.75, 3.05) is 13.1 Å². The number of benzene rings is 1. The van der Waals surface area contributed by atoms with E-state index in [1.165, 1.54) is 0 Å². The van der Waals surface area contributed by atoms with E-state index in [4.69, 9.17) is 15.0 Å². The SMILES string of the molecule is NC1CCC(OCc2cccc(C(NC(=O)c3cc(C4CC4)on3)C3CCNCC3)c2)CC1. The van der Waals surface area contributed by atoms with E-state index in [2.05, 4.69) is 40.1 Å². The molecule has 33 heavy (non-hydrogen) atoms. The summed E-state index contributed by atoms with van der Waals surface area (Å²) in [5.41, 5.74) is 8.68. The van der Waals surface area contributed by atoms with Crippen LogP contribution < -0.4 is 16.4 Å². The van der Waals surface area contributed by atoms with E-state index in [1.54, 1.807) is 0 Å². The molecule has 1 unspecified atom stereocenters. The first kappa shape index (κ1) is 22.6. The molecule has 0 radical (unpaired) electrons. The van der Waals surface area contributed by atoms with Crippen molar-refractivity contribution >= 4 is 5.91 Å². The van der Waals surface area contributed by atoms with Gasteiger partial charge < -0.3 is 25.6 Å². The predicted molar refractivity (Wildman–Crippen MR) is 126 cm³/mol. The number of nitrogens with zero attached hydrogens (tertiary/aromatic N) is 1. The Kier molecular flexibility index (Phi) is 7.09. The van der Waals surface area contributed by atoms with Gasteiger partial charge >= 0.3 is 0 Å². The molecule has 5 rings (SSSR count). The van der Waals surface area contributed by atoms with Crippen molar-refractivity contribution in [2.24, 2.45) is 11.7 Å². The Hall–Kier alpha value is -2.22. The predicted octanol–water partition coefficient (Wildman–Crippen LogP) is 3.81. The van der Waals surface area contributed by atoms with Gasteiger partial charge in [0, 0.05) is 18.0 Å². The lowest BCUT2D eigenvalue weighted by Gasteiger charge is -2.32. The Balaban J connectivity index is 1.28. The maximum absolute atomic E-state index is 13.1. The van der Waals surface area contributed by atoms with Crippen LogP contribution in [0.15, 0.2) is 34.9 Å². The molecule has 0 bridgehead atoms. The second kappa shape index (κ2) is 10.4. The van der Waals surface area contributed by atoms with Gasteiger partial charge in [0.25, 0.3) is 5.91 Å². The molecule has 3 fully saturated rings. The highest BCUT2D eigenvalue weighted by Gasteiger charge is 2.31. The van der Waals surface area contributed by atoms with Gasteiger partial charge in [-0.3, -0.25) is 4.79 Å². The molecule has 2 aliphatic carbocycles. The molecular weight excluding hydrogens is 416 g/mol. The van der Waals surface area contributed by atoms with E-state index in [-0.39, 0.29) is 11.9 Å². The van der Waals surface area contributed by atoms with Crippen LogP contribution in [0.4, 0.5) is 0 Å². The normalized spacial score (nSPS) is 25.0. The summed E-state index contributed by atoms with van der Waals surface area (Å²) < 4.78 is 11.6. The molecule has 178 valence electrons. The fourth-order valence-corrected chi connectivity index (χ4v) is 5.17. The van der Waals surface area contributed by atoms with Crippen LogP contribution in [0.2, 0.25) is 0 Å². The molecule has 2 aromatic rings. The van der Waals surface area contributed by atoms with E-state index in [0.29, 0.717) is 36.3 Å². The number of aromatic nitrogens is 1. The van der Waals surface area contributed by atoms with Crippen LogP contribution in [-0.2, 0) is 11.3 Å². The summed E-state index contributed by atoms with van der Waals surface area (Å²) in [6, 6.07) is 10.6. The van der Waals surface area contributed by atoms with Gasteiger partial charge in [-0.15, -0.1) is 0 Å². The molecule has 7 heteroatoms. The Bertz CT molecular complexity index is 927. The number of nitrogens with two attached hydrogens (primary N) is 1. The van der Waals surface area contributed by atoms with Crippen LogP contribution in [-0.4, -0.2) is 36.3 Å². The zero-order chi connectivity index (χ0) is 22.6. The summed E-state index contributed by atoms with van der Waals surface area (Å²) >= 11 is 0. The molecule has 1 amide bonds. The molecule has 4 N–H and O–H groups in total. The minimum Gasteiger partial charge on any atom is -0.374 e. The quantitative estimate of drug-likeness (QED) is 0.563. The molecule has 0 spiro atoms. The highest BCUT2D eigenvalue weighted by atomic mass is 16.5. The highest BCUT2D eigenvalue weighted by molar-refractivity contribution is 5.92. The maximum Gasteiger partial charge on any atom is 0.273 e. The third kappa shape index (κ3) is 5.83. The van der Waals surface area contributed by atoms with Crippen molar-refractivity contribution in [1.29, 1.82) is 0 Å². The molecular formula is C26H36N4O3. The zero-order valence-corrected chi connectivity index (χ0v) is 19.3. The topological polar surface area (TPSA) is 102 Å².